The van der Waals surface area contributed by atoms with Gasteiger partial charge in [-0.3, -0.25) is 49.2 Å². The average molecular weight is 492 g/mol. The van der Waals surface area contributed by atoms with Crippen molar-refractivity contribution < 1.29 is 29.0 Å². The van der Waals surface area contributed by atoms with E-state index in [2.05, 4.69) is 0 Å². The van der Waals surface area contributed by atoms with Crippen molar-refractivity contribution in [1.29, 1.82) is 0 Å². The van der Waals surface area contributed by atoms with Crippen LogP contribution in [-0.2, 0) is 0 Å². The molecule has 5 rings (SSSR count). The molecule has 0 radical (unpaired) electrons. The molecular weight excluding hydrogens is 472 g/mol. The van der Waals surface area contributed by atoms with Crippen LogP contribution in [0.15, 0.2) is 36.4 Å². The van der Waals surface area contributed by atoms with Crippen molar-refractivity contribution in [1.82, 2.24) is 9.80 Å². The summed E-state index contributed by atoms with van der Waals surface area (Å²) in [7, 11) is 0. The van der Waals surface area contributed by atoms with E-state index in [0.29, 0.717) is 19.3 Å². The van der Waals surface area contributed by atoms with Crippen LogP contribution in [0.3, 0.4) is 0 Å². The predicted octanol–water partition coefficient (Wildman–Crippen LogP) is 3.20. The molecule has 1 aliphatic carbocycles. The standard InChI is InChI=1S/C24H20N4O8/c29-21-15-6-2-8-17(27(33)34)19(15)23(31)25(21)11-13-4-1-5-14(10-13)12-26-22(30)16-7-3-9-18(28(35)36)20(16)24(26)32/h2-3,6-9,13-14H,1,4-5,10-12H2. The molecule has 36 heavy (non-hydrogen) atoms. The van der Waals surface area contributed by atoms with Crippen LogP contribution in [0.4, 0.5) is 11.4 Å². The Labute approximate surface area is 203 Å². The van der Waals surface area contributed by atoms with Crippen molar-refractivity contribution >= 4 is 35.0 Å². The van der Waals surface area contributed by atoms with Crippen LogP contribution in [0.1, 0.15) is 67.1 Å². The van der Waals surface area contributed by atoms with E-state index in [0.717, 1.165) is 16.2 Å². The Balaban J connectivity index is 1.29. The molecule has 3 aliphatic rings. The molecule has 0 saturated heterocycles. The number of benzene rings is 2. The van der Waals surface area contributed by atoms with Gasteiger partial charge in [-0.2, -0.15) is 0 Å². The van der Waals surface area contributed by atoms with Gasteiger partial charge >= 0.3 is 0 Å². The second kappa shape index (κ2) is 8.63. The van der Waals surface area contributed by atoms with Crippen molar-refractivity contribution in [2.24, 2.45) is 11.8 Å². The third-order valence-electron chi connectivity index (χ3n) is 7.12. The smallest absolute Gasteiger partial charge is 0.274 e. The monoisotopic (exact) mass is 492 g/mol. The van der Waals surface area contributed by atoms with Crippen molar-refractivity contribution in [2.45, 2.75) is 25.7 Å². The van der Waals surface area contributed by atoms with E-state index < -0.39 is 44.9 Å². The molecule has 184 valence electrons. The minimum atomic E-state index is -0.697. The first-order valence-corrected chi connectivity index (χ1v) is 11.5. The first-order valence-electron chi connectivity index (χ1n) is 11.5. The maximum absolute atomic E-state index is 12.9. The minimum Gasteiger partial charge on any atom is -0.274 e. The molecule has 2 aliphatic heterocycles. The summed E-state index contributed by atoms with van der Waals surface area (Å²) >= 11 is 0. The van der Waals surface area contributed by atoms with Gasteiger partial charge in [-0.05, 0) is 43.2 Å². The molecule has 0 bridgehead atoms. The fourth-order valence-corrected chi connectivity index (χ4v) is 5.52. The molecule has 2 aromatic rings. The summed E-state index contributed by atoms with van der Waals surface area (Å²) in [6, 6.07) is 7.91. The second-order valence-corrected chi connectivity index (χ2v) is 9.25. The van der Waals surface area contributed by atoms with Crippen molar-refractivity contribution in [3.63, 3.8) is 0 Å². The molecule has 0 aromatic heterocycles. The number of carbonyl (C=O) groups excluding carboxylic acids is 4. The highest BCUT2D eigenvalue weighted by molar-refractivity contribution is 6.24. The van der Waals surface area contributed by atoms with E-state index in [1.54, 1.807) is 0 Å². The van der Waals surface area contributed by atoms with Gasteiger partial charge in [-0.15, -0.1) is 0 Å². The number of nitro benzene ring substituents is 2. The molecule has 2 atom stereocenters. The highest BCUT2D eigenvalue weighted by Crippen LogP contribution is 2.37. The Bertz CT molecular complexity index is 1270. The van der Waals surface area contributed by atoms with Crippen LogP contribution in [0.2, 0.25) is 0 Å². The third-order valence-corrected chi connectivity index (χ3v) is 7.12. The zero-order chi connectivity index (χ0) is 25.7. The molecule has 4 amide bonds. The average Bonchev–Trinajstić information content (AvgIpc) is 3.24. The van der Waals surface area contributed by atoms with E-state index in [9.17, 15) is 39.4 Å². The van der Waals surface area contributed by atoms with Gasteiger partial charge in [0.05, 0.1) is 21.0 Å². The number of amides is 4. The zero-order valence-corrected chi connectivity index (χ0v) is 18.9. The maximum Gasteiger partial charge on any atom is 0.282 e. The first kappa shape index (κ1) is 23.3. The molecule has 2 unspecified atom stereocenters. The van der Waals surface area contributed by atoms with Crippen LogP contribution < -0.4 is 0 Å². The summed E-state index contributed by atoms with van der Waals surface area (Å²) in [6.45, 7) is 0.154. The Morgan fingerprint density at radius 2 is 1.11 bits per heavy atom. The largest absolute Gasteiger partial charge is 0.282 e. The fraction of sp³-hybridized carbons (Fsp3) is 0.333. The van der Waals surface area contributed by atoms with Crippen LogP contribution in [0.25, 0.3) is 0 Å². The van der Waals surface area contributed by atoms with Gasteiger partial charge in [0.15, 0.2) is 0 Å². The number of carbonyl (C=O) groups is 4. The van der Waals surface area contributed by atoms with E-state index >= 15 is 0 Å². The molecule has 12 heteroatoms. The molecule has 1 fully saturated rings. The number of hydrogen-bond donors (Lipinski definition) is 0. The topological polar surface area (TPSA) is 161 Å². The highest BCUT2D eigenvalue weighted by Gasteiger charge is 2.44. The van der Waals surface area contributed by atoms with Crippen LogP contribution in [-0.4, -0.2) is 56.4 Å². The fourth-order valence-electron chi connectivity index (χ4n) is 5.52. The lowest BCUT2D eigenvalue weighted by molar-refractivity contribution is -0.385. The van der Waals surface area contributed by atoms with Gasteiger partial charge in [0.25, 0.3) is 35.0 Å². The lowest BCUT2D eigenvalue weighted by Crippen LogP contribution is -2.39. The van der Waals surface area contributed by atoms with E-state index in [4.69, 9.17) is 0 Å². The van der Waals surface area contributed by atoms with Gasteiger partial charge in [0, 0.05) is 25.2 Å². The maximum atomic E-state index is 12.9. The highest BCUT2D eigenvalue weighted by atomic mass is 16.6. The molecule has 0 N–H and O–H groups in total. The van der Waals surface area contributed by atoms with Crippen molar-refractivity contribution in [3.05, 3.63) is 78.9 Å². The van der Waals surface area contributed by atoms with E-state index in [1.807, 2.05) is 0 Å². The van der Waals surface area contributed by atoms with Gasteiger partial charge in [0.1, 0.15) is 11.1 Å². The summed E-state index contributed by atoms with van der Waals surface area (Å²) in [6.07, 6.45) is 2.67. The lowest BCUT2D eigenvalue weighted by Gasteiger charge is -2.32. The molecule has 2 aromatic carbocycles. The number of hydrogen-bond acceptors (Lipinski definition) is 8. The molecular formula is C24H20N4O8. The number of nitrogens with zero attached hydrogens (tertiary/aromatic N) is 4. The molecule has 1 saturated carbocycles. The Kier molecular flexibility index (Phi) is 5.58. The Morgan fingerprint density at radius 3 is 1.50 bits per heavy atom. The summed E-state index contributed by atoms with van der Waals surface area (Å²) in [4.78, 5) is 74.9. The quantitative estimate of drug-likeness (QED) is 0.337. The SMILES string of the molecule is O=C1c2cccc([N+](=O)[O-])c2C(=O)N1CC1CCCC(CN2C(=O)c3cccc([N+](=O)[O-])c3C2=O)C1. The molecule has 2 heterocycles. The lowest BCUT2D eigenvalue weighted by atomic mass is 9.81. The summed E-state index contributed by atoms with van der Waals surface area (Å²) in [5, 5.41) is 22.7. The van der Waals surface area contributed by atoms with Gasteiger partial charge < -0.3 is 0 Å². The van der Waals surface area contributed by atoms with Crippen LogP contribution in [0, 0.1) is 32.1 Å². The van der Waals surface area contributed by atoms with Crippen LogP contribution in [0.5, 0.6) is 0 Å². The normalized spacial score (nSPS) is 21.1. The zero-order valence-electron chi connectivity index (χ0n) is 18.9. The summed E-state index contributed by atoms with van der Waals surface area (Å²) in [5.41, 5.74) is -1.20. The predicted molar refractivity (Wildman–Crippen MR) is 122 cm³/mol. The van der Waals surface area contributed by atoms with Crippen molar-refractivity contribution in [3.8, 4) is 0 Å². The summed E-state index contributed by atoms with van der Waals surface area (Å²) in [5.74, 6) is -2.78. The molecule has 0 spiro atoms. The van der Waals surface area contributed by atoms with Gasteiger partial charge in [-0.1, -0.05) is 18.6 Å². The molecule has 12 nitrogen and oxygen atoms in total. The number of rotatable bonds is 6. The number of nitro groups is 2. The Morgan fingerprint density at radius 1 is 0.694 bits per heavy atom. The van der Waals surface area contributed by atoms with Gasteiger partial charge in [-0.25, -0.2) is 0 Å². The van der Waals surface area contributed by atoms with Crippen LogP contribution >= 0.6 is 0 Å². The second-order valence-electron chi connectivity index (χ2n) is 9.25. The van der Waals surface area contributed by atoms with E-state index in [1.165, 1.54) is 36.4 Å². The Hall–Kier alpha value is -4.48. The minimum absolute atomic E-state index is 0.00850. The number of imide groups is 2. The number of fused-ring (bicyclic) bond motifs is 2. The third kappa shape index (κ3) is 3.61. The summed E-state index contributed by atoms with van der Waals surface area (Å²) < 4.78 is 0. The first-order chi connectivity index (χ1) is 17.2. The van der Waals surface area contributed by atoms with E-state index in [-0.39, 0.29) is 47.2 Å². The van der Waals surface area contributed by atoms with Gasteiger partial charge in [0.2, 0.25) is 0 Å². The van der Waals surface area contributed by atoms with Crippen molar-refractivity contribution in [2.75, 3.05) is 13.1 Å².